The van der Waals surface area contributed by atoms with Crippen LogP contribution in [-0.4, -0.2) is 15.1 Å². The van der Waals surface area contributed by atoms with Crippen LogP contribution in [0.25, 0.3) is 11.1 Å². The molecule has 2 rings (SSSR count). The van der Waals surface area contributed by atoms with E-state index >= 15 is 0 Å². The highest BCUT2D eigenvalue weighted by Gasteiger charge is 2.34. The third-order valence-corrected chi connectivity index (χ3v) is 2.83. The van der Waals surface area contributed by atoms with Gasteiger partial charge in [-0.2, -0.15) is 13.2 Å². The van der Waals surface area contributed by atoms with E-state index in [0.29, 0.717) is 11.1 Å². The van der Waals surface area contributed by atoms with E-state index in [4.69, 9.17) is 0 Å². The van der Waals surface area contributed by atoms with Crippen LogP contribution in [-0.2, 0) is 11.8 Å². The van der Waals surface area contributed by atoms with E-state index in [1.54, 1.807) is 18.3 Å². The molecule has 20 heavy (non-hydrogen) atoms. The first-order valence-corrected chi connectivity index (χ1v) is 5.90. The Morgan fingerprint density at radius 3 is 2.35 bits per heavy atom. The molecular weight excluding hydrogens is 269 g/mol. The van der Waals surface area contributed by atoms with Crippen molar-refractivity contribution in [2.24, 2.45) is 0 Å². The summed E-state index contributed by atoms with van der Waals surface area (Å²) in [5.74, 6) is 0. The van der Waals surface area contributed by atoms with Gasteiger partial charge < -0.3 is 5.11 Å². The number of aromatic nitrogens is 2. The van der Waals surface area contributed by atoms with Crippen molar-refractivity contribution in [3.05, 3.63) is 48.0 Å². The molecule has 0 saturated heterocycles. The van der Waals surface area contributed by atoms with Gasteiger partial charge in [-0.25, -0.2) is 0 Å². The molecule has 2 heterocycles. The summed E-state index contributed by atoms with van der Waals surface area (Å²) in [6.07, 6.45) is -0.356. The Balaban J connectivity index is 2.65. The zero-order chi connectivity index (χ0) is 15.0. The van der Waals surface area contributed by atoms with Gasteiger partial charge in [-0.15, -0.1) is 0 Å². The summed E-state index contributed by atoms with van der Waals surface area (Å²) in [5.41, 5.74) is -1.26. The second kappa shape index (κ2) is 4.86. The highest BCUT2D eigenvalue weighted by atomic mass is 19.4. The molecule has 0 saturated carbocycles. The molecule has 0 fully saturated rings. The summed E-state index contributed by atoms with van der Waals surface area (Å²) in [4.78, 5) is 7.36. The fourth-order valence-electron chi connectivity index (χ4n) is 1.87. The van der Waals surface area contributed by atoms with Gasteiger partial charge in [0, 0.05) is 29.7 Å². The maximum Gasteiger partial charge on any atom is 0.433 e. The summed E-state index contributed by atoms with van der Waals surface area (Å²) in [7, 11) is 0. The molecule has 0 unspecified atom stereocenters. The monoisotopic (exact) mass is 282 g/mol. The lowest BCUT2D eigenvalue weighted by Gasteiger charge is -2.22. The van der Waals surface area contributed by atoms with E-state index < -0.39 is 17.5 Å². The topological polar surface area (TPSA) is 46.0 Å². The Morgan fingerprint density at radius 2 is 1.85 bits per heavy atom. The van der Waals surface area contributed by atoms with E-state index in [0.717, 1.165) is 12.3 Å². The molecule has 0 atom stereocenters. The molecule has 2 aromatic rings. The lowest BCUT2D eigenvalue weighted by atomic mass is 9.91. The van der Waals surface area contributed by atoms with Crippen molar-refractivity contribution in [2.75, 3.05) is 0 Å². The molecule has 0 bridgehead atoms. The molecule has 0 aromatic carbocycles. The molecule has 0 aliphatic rings. The Kier molecular flexibility index (Phi) is 3.52. The molecule has 0 spiro atoms. The number of rotatable bonds is 2. The number of pyridine rings is 2. The van der Waals surface area contributed by atoms with Crippen LogP contribution in [0.4, 0.5) is 13.2 Å². The van der Waals surface area contributed by atoms with Crippen molar-refractivity contribution in [3.8, 4) is 11.1 Å². The van der Waals surface area contributed by atoms with E-state index in [9.17, 15) is 18.3 Å². The van der Waals surface area contributed by atoms with E-state index in [1.807, 2.05) is 0 Å². The molecule has 3 nitrogen and oxygen atoms in total. The van der Waals surface area contributed by atoms with Crippen molar-refractivity contribution in [1.82, 2.24) is 9.97 Å². The maximum atomic E-state index is 12.7. The number of alkyl halides is 3. The largest absolute Gasteiger partial charge is 0.433 e. The number of hydrogen-bond acceptors (Lipinski definition) is 3. The van der Waals surface area contributed by atoms with E-state index in [1.165, 1.54) is 20.0 Å². The summed E-state index contributed by atoms with van der Waals surface area (Å²) in [6.45, 7) is 2.87. The third-order valence-electron chi connectivity index (χ3n) is 2.83. The quantitative estimate of drug-likeness (QED) is 0.918. The predicted molar refractivity (Wildman–Crippen MR) is 67.7 cm³/mol. The predicted octanol–water partition coefficient (Wildman–Crippen LogP) is 3.39. The Morgan fingerprint density at radius 1 is 1.15 bits per heavy atom. The highest BCUT2D eigenvalue weighted by Crippen LogP contribution is 2.35. The average Bonchev–Trinajstić information content (AvgIpc) is 2.37. The van der Waals surface area contributed by atoms with Gasteiger partial charge in [0.25, 0.3) is 0 Å². The summed E-state index contributed by atoms with van der Waals surface area (Å²) in [6, 6.07) is 4.25. The van der Waals surface area contributed by atoms with Crippen molar-refractivity contribution >= 4 is 0 Å². The molecule has 2 aromatic heterocycles. The number of halogens is 3. The van der Waals surface area contributed by atoms with Crippen LogP contribution in [0.2, 0.25) is 0 Å². The van der Waals surface area contributed by atoms with Gasteiger partial charge in [0.05, 0.1) is 5.60 Å². The molecule has 106 valence electrons. The van der Waals surface area contributed by atoms with Gasteiger partial charge >= 0.3 is 6.18 Å². The third kappa shape index (κ3) is 2.96. The van der Waals surface area contributed by atoms with Crippen LogP contribution in [0.15, 0.2) is 36.8 Å². The molecular formula is C14H13F3N2O. The van der Waals surface area contributed by atoms with Gasteiger partial charge in [0.15, 0.2) is 0 Å². The second-order valence-electron chi connectivity index (χ2n) is 4.91. The SMILES string of the molecule is CC(C)(O)c1cc(C(F)(F)F)ncc1-c1cccnc1. The number of aliphatic hydroxyl groups is 1. The first-order valence-electron chi connectivity index (χ1n) is 5.90. The van der Waals surface area contributed by atoms with Gasteiger partial charge in [0.2, 0.25) is 0 Å². The van der Waals surface area contributed by atoms with Gasteiger partial charge in [-0.1, -0.05) is 6.07 Å². The van der Waals surface area contributed by atoms with E-state index in [-0.39, 0.29) is 5.56 Å². The summed E-state index contributed by atoms with van der Waals surface area (Å²) in [5, 5.41) is 10.1. The van der Waals surface area contributed by atoms with Crippen LogP contribution < -0.4 is 0 Å². The number of nitrogens with zero attached hydrogens (tertiary/aromatic N) is 2. The van der Waals surface area contributed by atoms with Crippen molar-refractivity contribution < 1.29 is 18.3 Å². The minimum Gasteiger partial charge on any atom is -0.386 e. The second-order valence-corrected chi connectivity index (χ2v) is 4.91. The van der Waals surface area contributed by atoms with Crippen LogP contribution in [0.1, 0.15) is 25.1 Å². The summed E-state index contributed by atoms with van der Waals surface area (Å²) >= 11 is 0. The Hall–Kier alpha value is -1.95. The number of hydrogen-bond donors (Lipinski definition) is 1. The minimum absolute atomic E-state index is 0.160. The van der Waals surface area contributed by atoms with Crippen molar-refractivity contribution in [2.45, 2.75) is 25.6 Å². The fourth-order valence-corrected chi connectivity index (χ4v) is 1.87. The van der Waals surface area contributed by atoms with Gasteiger partial charge in [0.1, 0.15) is 5.69 Å². The first-order chi connectivity index (χ1) is 9.19. The highest BCUT2D eigenvalue weighted by molar-refractivity contribution is 5.66. The maximum absolute atomic E-state index is 12.7. The van der Waals surface area contributed by atoms with Crippen molar-refractivity contribution in [1.29, 1.82) is 0 Å². The Labute approximate surface area is 114 Å². The van der Waals surface area contributed by atoms with Gasteiger partial charge in [-0.3, -0.25) is 9.97 Å². The fraction of sp³-hybridized carbons (Fsp3) is 0.286. The van der Waals surface area contributed by atoms with Crippen LogP contribution in [0, 0.1) is 0 Å². The molecule has 0 aliphatic heterocycles. The zero-order valence-electron chi connectivity index (χ0n) is 10.9. The van der Waals surface area contributed by atoms with E-state index in [2.05, 4.69) is 9.97 Å². The smallest absolute Gasteiger partial charge is 0.386 e. The lowest BCUT2D eigenvalue weighted by Crippen LogP contribution is -2.19. The molecule has 6 heteroatoms. The average molecular weight is 282 g/mol. The summed E-state index contributed by atoms with van der Waals surface area (Å²) < 4.78 is 38.2. The normalized spacial score (nSPS) is 12.5. The van der Waals surface area contributed by atoms with Crippen molar-refractivity contribution in [3.63, 3.8) is 0 Å². The standard InChI is InChI=1S/C14H13F3N2O/c1-13(2,20)11-6-12(14(15,16)17)19-8-10(11)9-4-3-5-18-7-9/h3-8,20H,1-2H3. The van der Waals surface area contributed by atoms with Crippen LogP contribution >= 0.6 is 0 Å². The minimum atomic E-state index is -4.55. The first kappa shape index (κ1) is 14.5. The van der Waals surface area contributed by atoms with Crippen LogP contribution in [0.5, 0.6) is 0 Å². The Bertz CT molecular complexity index is 604. The zero-order valence-corrected chi connectivity index (χ0v) is 10.9. The molecule has 0 aliphatic carbocycles. The van der Waals surface area contributed by atoms with Gasteiger partial charge in [-0.05, 0) is 31.5 Å². The molecule has 0 amide bonds. The lowest BCUT2D eigenvalue weighted by molar-refractivity contribution is -0.141. The molecule has 0 radical (unpaired) electrons. The molecule has 1 N–H and O–H groups in total. The van der Waals surface area contributed by atoms with Crippen LogP contribution in [0.3, 0.4) is 0 Å².